The van der Waals surface area contributed by atoms with Crippen LogP contribution >= 0.6 is 0 Å². The van der Waals surface area contributed by atoms with Crippen LogP contribution in [0.25, 0.3) is 0 Å². The molecule has 3 aromatic rings. The van der Waals surface area contributed by atoms with Gasteiger partial charge in [-0.1, -0.05) is 12.1 Å². The predicted molar refractivity (Wildman–Crippen MR) is 119 cm³/mol. The molecule has 0 amide bonds. The third-order valence-electron chi connectivity index (χ3n) is 4.42. The van der Waals surface area contributed by atoms with Gasteiger partial charge in [0.15, 0.2) is 0 Å². The van der Waals surface area contributed by atoms with Gasteiger partial charge in [-0.15, -0.1) is 0 Å². The van der Waals surface area contributed by atoms with Crippen LogP contribution in [0, 0.1) is 0 Å². The maximum absolute atomic E-state index is 12.5. The number of carbonyl (C=O) groups is 1. The molecular weight excluding hydrogens is 412 g/mol. The second-order valence-corrected chi connectivity index (χ2v) is 6.53. The van der Waals surface area contributed by atoms with Crippen LogP contribution in [-0.4, -0.2) is 46.6 Å². The van der Waals surface area contributed by atoms with E-state index in [1.165, 1.54) is 0 Å². The van der Waals surface area contributed by atoms with Gasteiger partial charge in [0.25, 0.3) is 0 Å². The molecule has 0 N–H and O–H groups in total. The highest BCUT2D eigenvalue weighted by atomic mass is 16.6. The highest BCUT2D eigenvalue weighted by Crippen LogP contribution is 2.20. The molecule has 0 aliphatic rings. The van der Waals surface area contributed by atoms with Crippen LogP contribution in [0.15, 0.2) is 72.8 Å². The molecule has 3 rings (SSSR count). The molecule has 7 heteroatoms. The molecule has 0 saturated carbocycles. The van der Waals surface area contributed by atoms with Crippen molar-refractivity contribution in [2.45, 2.75) is 0 Å². The van der Waals surface area contributed by atoms with Crippen molar-refractivity contribution in [2.24, 2.45) is 0 Å². The molecule has 32 heavy (non-hydrogen) atoms. The number of para-hydroxylation sites is 1. The van der Waals surface area contributed by atoms with E-state index in [4.69, 9.17) is 28.4 Å². The first-order valence-corrected chi connectivity index (χ1v) is 10.1. The molecule has 0 atom stereocenters. The summed E-state index contributed by atoms with van der Waals surface area (Å²) in [6.07, 6.45) is 0. The van der Waals surface area contributed by atoms with E-state index >= 15 is 0 Å². The quantitative estimate of drug-likeness (QED) is 0.307. The van der Waals surface area contributed by atoms with Crippen LogP contribution in [0.3, 0.4) is 0 Å². The monoisotopic (exact) mass is 438 g/mol. The number of hydrogen-bond donors (Lipinski definition) is 0. The molecule has 0 spiro atoms. The largest absolute Gasteiger partial charge is 0.497 e. The van der Waals surface area contributed by atoms with E-state index in [0.29, 0.717) is 29.4 Å². The van der Waals surface area contributed by atoms with Gasteiger partial charge in [0.05, 0.1) is 14.2 Å². The minimum absolute atomic E-state index is 0.111. The lowest BCUT2D eigenvalue weighted by Crippen LogP contribution is -2.15. The molecule has 0 saturated heterocycles. The Kier molecular flexibility index (Phi) is 8.62. The Hall–Kier alpha value is -3.87. The van der Waals surface area contributed by atoms with Gasteiger partial charge in [-0.25, -0.2) is 4.79 Å². The van der Waals surface area contributed by atoms with Gasteiger partial charge >= 0.3 is 5.97 Å². The third kappa shape index (κ3) is 6.84. The Bertz CT molecular complexity index is 968. The Labute approximate surface area is 187 Å². The molecule has 0 unspecified atom stereocenters. The van der Waals surface area contributed by atoms with Gasteiger partial charge < -0.3 is 28.4 Å². The number of rotatable bonds is 12. The molecule has 0 aliphatic carbocycles. The lowest BCUT2D eigenvalue weighted by Gasteiger charge is -2.12. The van der Waals surface area contributed by atoms with Gasteiger partial charge in [-0.3, -0.25) is 0 Å². The highest BCUT2D eigenvalue weighted by molar-refractivity contribution is 5.92. The van der Waals surface area contributed by atoms with Crippen molar-refractivity contribution in [2.75, 3.05) is 40.6 Å². The molecular formula is C25H26O7. The van der Waals surface area contributed by atoms with Crippen LogP contribution in [0.5, 0.6) is 28.7 Å². The van der Waals surface area contributed by atoms with E-state index in [-0.39, 0.29) is 19.8 Å². The van der Waals surface area contributed by atoms with Crippen molar-refractivity contribution in [1.29, 1.82) is 0 Å². The summed E-state index contributed by atoms with van der Waals surface area (Å²) in [5, 5.41) is 0. The van der Waals surface area contributed by atoms with Crippen LogP contribution < -0.4 is 23.7 Å². The van der Waals surface area contributed by atoms with Gasteiger partial charge in [-0.05, 0) is 60.7 Å². The summed E-state index contributed by atoms with van der Waals surface area (Å²) in [4.78, 5) is 12.5. The Morgan fingerprint density at radius 3 is 1.62 bits per heavy atom. The first-order valence-electron chi connectivity index (χ1n) is 10.1. The molecule has 0 aliphatic heterocycles. The maximum Gasteiger partial charge on any atom is 0.342 e. The zero-order valence-corrected chi connectivity index (χ0v) is 18.1. The fourth-order valence-electron chi connectivity index (χ4n) is 2.79. The van der Waals surface area contributed by atoms with Crippen molar-refractivity contribution in [3.05, 3.63) is 78.4 Å². The van der Waals surface area contributed by atoms with E-state index in [9.17, 15) is 4.79 Å². The lowest BCUT2D eigenvalue weighted by atomic mass is 10.2. The van der Waals surface area contributed by atoms with Crippen LogP contribution in [0.4, 0.5) is 0 Å². The van der Waals surface area contributed by atoms with Gasteiger partial charge in [0.1, 0.15) is 60.7 Å². The molecule has 7 nitrogen and oxygen atoms in total. The molecule has 0 aromatic heterocycles. The normalized spacial score (nSPS) is 10.2. The second-order valence-electron chi connectivity index (χ2n) is 6.53. The Morgan fingerprint density at radius 2 is 1.06 bits per heavy atom. The molecule has 3 aromatic carbocycles. The predicted octanol–water partition coefficient (Wildman–Crippen LogP) is 4.40. The van der Waals surface area contributed by atoms with Gasteiger partial charge in [0, 0.05) is 0 Å². The SMILES string of the molecule is COc1ccc(OCCOC(=O)c2ccccc2OCCOc2ccc(OC)cc2)cc1. The summed E-state index contributed by atoms with van der Waals surface area (Å²) in [5.41, 5.74) is 0.349. The van der Waals surface area contributed by atoms with Gasteiger partial charge in [-0.2, -0.15) is 0 Å². The number of hydrogen-bond acceptors (Lipinski definition) is 7. The van der Waals surface area contributed by atoms with E-state index in [1.54, 1.807) is 62.8 Å². The van der Waals surface area contributed by atoms with Crippen molar-refractivity contribution in [3.63, 3.8) is 0 Å². The van der Waals surface area contributed by atoms with Crippen molar-refractivity contribution in [1.82, 2.24) is 0 Å². The second kappa shape index (κ2) is 12.1. The number of ether oxygens (including phenoxy) is 6. The zero-order valence-electron chi connectivity index (χ0n) is 18.1. The van der Waals surface area contributed by atoms with Crippen molar-refractivity contribution >= 4 is 5.97 Å². The maximum atomic E-state index is 12.5. The summed E-state index contributed by atoms with van der Waals surface area (Å²) in [7, 11) is 3.21. The molecule has 0 fully saturated rings. The summed E-state index contributed by atoms with van der Waals surface area (Å²) >= 11 is 0. The standard InChI is InChI=1S/C25H26O7/c1-27-19-7-11-21(12-8-19)29-15-17-31-24-6-4-3-5-23(24)25(26)32-18-16-30-22-13-9-20(28-2)10-14-22/h3-14H,15-18H2,1-2H3. The van der Waals surface area contributed by atoms with E-state index in [1.807, 2.05) is 24.3 Å². The minimum Gasteiger partial charge on any atom is -0.497 e. The molecule has 168 valence electrons. The Morgan fingerprint density at radius 1 is 0.594 bits per heavy atom. The summed E-state index contributed by atoms with van der Waals surface area (Å²) in [6, 6.07) is 21.4. The molecule has 0 bridgehead atoms. The van der Waals surface area contributed by atoms with Crippen LogP contribution in [-0.2, 0) is 4.74 Å². The summed E-state index contributed by atoms with van der Waals surface area (Å²) in [6.45, 7) is 0.943. The van der Waals surface area contributed by atoms with Crippen LogP contribution in [0.2, 0.25) is 0 Å². The number of carbonyl (C=O) groups excluding carboxylic acids is 1. The van der Waals surface area contributed by atoms with E-state index < -0.39 is 5.97 Å². The Balaban J connectivity index is 1.42. The average Bonchev–Trinajstić information content (AvgIpc) is 2.85. The molecule has 0 radical (unpaired) electrons. The van der Waals surface area contributed by atoms with E-state index in [2.05, 4.69) is 0 Å². The first-order chi connectivity index (χ1) is 15.7. The number of esters is 1. The average molecular weight is 438 g/mol. The van der Waals surface area contributed by atoms with Crippen molar-refractivity contribution < 1.29 is 33.2 Å². The summed E-state index contributed by atoms with van der Waals surface area (Å²) < 4.78 is 32.5. The first kappa shape index (κ1) is 22.8. The molecule has 0 heterocycles. The topological polar surface area (TPSA) is 72.5 Å². The fourth-order valence-corrected chi connectivity index (χ4v) is 2.79. The third-order valence-corrected chi connectivity index (χ3v) is 4.42. The highest BCUT2D eigenvalue weighted by Gasteiger charge is 2.13. The number of methoxy groups -OCH3 is 2. The number of benzene rings is 3. The van der Waals surface area contributed by atoms with Gasteiger partial charge in [0.2, 0.25) is 0 Å². The fraction of sp³-hybridized carbons (Fsp3) is 0.240. The lowest BCUT2D eigenvalue weighted by molar-refractivity contribution is 0.0445. The summed E-state index contributed by atoms with van der Waals surface area (Å²) in [5.74, 6) is 2.84. The minimum atomic E-state index is -0.477. The van der Waals surface area contributed by atoms with Crippen molar-refractivity contribution in [3.8, 4) is 28.7 Å². The van der Waals surface area contributed by atoms with Crippen LogP contribution in [0.1, 0.15) is 10.4 Å². The van der Waals surface area contributed by atoms with E-state index in [0.717, 1.165) is 11.5 Å². The smallest absolute Gasteiger partial charge is 0.342 e. The zero-order chi connectivity index (χ0) is 22.6.